The van der Waals surface area contributed by atoms with Gasteiger partial charge in [-0.25, -0.2) is 4.98 Å². The number of hydrogen-bond donors (Lipinski definition) is 0. The minimum atomic E-state index is 0.716. The van der Waals surface area contributed by atoms with Crippen LogP contribution in [0.5, 0.6) is 0 Å². The van der Waals surface area contributed by atoms with Crippen molar-refractivity contribution < 1.29 is 0 Å². The van der Waals surface area contributed by atoms with Gasteiger partial charge in [0, 0.05) is 22.0 Å². The lowest BCUT2D eigenvalue weighted by atomic mass is 9.98. The predicted molar refractivity (Wildman–Crippen MR) is 98.6 cm³/mol. The SMILES string of the molecule is CCCCCc1cnc2sc(Br)c(C#N)c2c1-c1cccs1. The fraction of sp³-hybridized carbons (Fsp3) is 0.294. The van der Waals surface area contributed by atoms with E-state index in [0.29, 0.717) is 5.56 Å². The minimum Gasteiger partial charge on any atom is -0.245 e. The fourth-order valence-corrected chi connectivity index (χ4v) is 5.02. The van der Waals surface area contributed by atoms with Crippen LogP contribution in [-0.2, 0) is 6.42 Å². The molecule has 0 unspecified atom stereocenters. The van der Waals surface area contributed by atoms with Gasteiger partial charge in [-0.05, 0) is 45.8 Å². The Morgan fingerprint density at radius 1 is 1.36 bits per heavy atom. The van der Waals surface area contributed by atoms with Crippen molar-refractivity contribution in [3.8, 4) is 16.5 Å². The van der Waals surface area contributed by atoms with Crippen LogP contribution in [0.4, 0.5) is 0 Å². The van der Waals surface area contributed by atoms with E-state index in [-0.39, 0.29) is 0 Å². The summed E-state index contributed by atoms with van der Waals surface area (Å²) in [5.41, 5.74) is 3.17. The second kappa shape index (κ2) is 6.91. The Labute approximate surface area is 146 Å². The first-order chi connectivity index (χ1) is 10.8. The first-order valence-corrected chi connectivity index (χ1v) is 9.79. The average molecular weight is 391 g/mol. The van der Waals surface area contributed by atoms with Crippen LogP contribution >= 0.6 is 38.6 Å². The molecule has 3 rings (SSSR count). The van der Waals surface area contributed by atoms with Gasteiger partial charge in [0.1, 0.15) is 10.9 Å². The van der Waals surface area contributed by atoms with Crippen molar-refractivity contribution >= 4 is 48.8 Å². The van der Waals surface area contributed by atoms with Gasteiger partial charge in [-0.15, -0.1) is 22.7 Å². The summed E-state index contributed by atoms with van der Waals surface area (Å²) in [4.78, 5) is 6.76. The maximum Gasteiger partial charge on any atom is 0.126 e. The van der Waals surface area contributed by atoms with Crippen molar-refractivity contribution in [1.29, 1.82) is 5.26 Å². The summed E-state index contributed by atoms with van der Waals surface area (Å²) in [6.45, 7) is 2.21. The zero-order valence-corrected chi connectivity index (χ0v) is 15.4. The van der Waals surface area contributed by atoms with Gasteiger partial charge in [0.2, 0.25) is 0 Å². The van der Waals surface area contributed by atoms with E-state index in [1.54, 1.807) is 11.3 Å². The minimum absolute atomic E-state index is 0.716. The zero-order valence-electron chi connectivity index (χ0n) is 12.2. The standard InChI is InChI=1S/C17H15BrN2S2/c1-2-3-4-6-11-10-20-17-15(12(9-19)16(18)22-17)14(11)13-7-5-8-21-13/h5,7-8,10H,2-4,6H2,1H3. The molecule has 22 heavy (non-hydrogen) atoms. The summed E-state index contributed by atoms with van der Waals surface area (Å²) in [6.07, 6.45) is 6.60. The third-order valence-electron chi connectivity index (χ3n) is 3.68. The molecule has 0 N–H and O–H groups in total. The lowest BCUT2D eigenvalue weighted by Gasteiger charge is -2.09. The van der Waals surface area contributed by atoms with Crippen molar-refractivity contribution in [2.24, 2.45) is 0 Å². The van der Waals surface area contributed by atoms with Crippen molar-refractivity contribution in [3.05, 3.63) is 38.6 Å². The molecule has 0 aliphatic rings. The maximum atomic E-state index is 9.53. The van der Waals surface area contributed by atoms with Crippen molar-refractivity contribution in [2.75, 3.05) is 0 Å². The van der Waals surface area contributed by atoms with Gasteiger partial charge in [-0.2, -0.15) is 5.26 Å². The number of halogens is 1. The zero-order chi connectivity index (χ0) is 15.5. The molecule has 0 radical (unpaired) electrons. The molecule has 0 saturated carbocycles. The van der Waals surface area contributed by atoms with E-state index in [1.165, 1.54) is 40.2 Å². The molecular weight excluding hydrogens is 376 g/mol. The van der Waals surface area contributed by atoms with Crippen LogP contribution in [0.1, 0.15) is 37.3 Å². The highest BCUT2D eigenvalue weighted by Crippen LogP contribution is 2.42. The summed E-state index contributed by atoms with van der Waals surface area (Å²) >= 11 is 6.78. The average Bonchev–Trinajstić information content (AvgIpc) is 3.14. The summed E-state index contributed by atoms with van der Waals surface area (Å²) < 4.78 is 0.876. The number of fused-ring (bicyclic) bond motifs is 1. The van der Waals surface area contributed by atoms with Gasteiger partial charge < -0.3 is 0 Å². The number of pyridine rings is 1. The first kappa shape index (κ1) is 15.7. The van der Waals surface area contributed by atoms with Gasteiger partial charge in [-0.3, -0.25) is 0 Å². The van der Waals surface area contributed by atoms with E-state index < -0.39 is 0 Å². The molecule has 0 saturated heterocycles. The van der Waals surface area contributed by atoms with Crippen LogP contribution in [0.2, 0.25) is 0 Å². The van der Waals surface area contributed by atoms with Crippen LogP contribution in [-0.4, -0.2) is 4.98 Å². The molecule has 0 bridgehead atoms. The van der Waals surface area contributed by atoms with Crippen LogP contribution in [0.25, 0.3) is 20.7 Å². The number of nitrogens with zero attached hydrogens (tertiary/aromatic N) is 2. The largest absolute Gasteiger partial charge is 0.245 e. The lowest BCUT2D eigenvalue weighted by Crippen LogP contribution is -1.93. The van der Waals surface area contributed by atoms with E-state index in [9.17, 15) is 5.26 Å². The Balaban J connectivity index is 2.23. The molecule has 0 amide bonds. The second-order valence-corrected chi connectivity index (χ2v) is 8.40. The van der Waals surface area contributed by atoms with Crippen LogP contribution < -0.4 is 0 Å². The summed E-state index contributed by atoms with van der Waals surface area (Å²) in [6, 6.07) is 6.54. The molecule has 5 heteroatoms. The van der Waals surface area contributed by atoms with Crippen LogP contribution in [0, 0.1) is 11.3 Å². The highest BCUT2D eigenvalue weighted by molar-refractivity contribution is 9.11. The van der Waals surface area contributed by atoms with Gasteiger partial charge in [0.25, 0.3) is 0 Å². The van der Waals surface area contributed by atoms with Crippen LogP contribution in [0.3, 0.4) is 0 Å². The van der Waals surface area contributed by atoms with Crippen molar-refractivity contribution in [1.82, 2.24) is 4.98 Å². The third-order valence-corrected chi connectivity index (χ3v) is 6.34. The van der Waals surface area contributed by atoms with Gasteiger partial charge >= 0.3 is 0 Å². The normalized spacial score (nSPS) is 11.0. The molecule has 2 nitrogen and oxygen atoms in total. The van der Waals surface area contributed by atoms with Gasteiger partial charge in [0.05, 0.1) is 9.35 Å². The molecule has 3 aromatic rings. The Morgan fingerprint density at radius 2 is 2.23 bits per heavy atom. The number of hydrogen-bond acceptors (Lipinski definition) is 4. The molecular formula is C17H15BrN2S2. The Kier molecular flexibility index (Phi) is 4.92. The lowest BCUT2D eigenvalue weighted by molar-refractivity contribution is 0.717. The van der Waals surface area contributed by atoms with Crippen molar-refractivity contribution in [2.45, 2.75) is 32.6 Å². The van der Waals surface area contributed by atoms with E-state index in [1.807, 2.05) is 6.20 Å². The molecule has 0 atom stereocenters. The second-order valence-electron chi connectivity index (χ2n) is 5.14. The predicted octanol–water partition coefficient (Wildman–Crippen LogP) is 6.39. The van der Waals surface area contributed by atoms with E-state index >= 15 is 0 Å². The number of thiophene rings is 2. The molecule has 3 aromatic heterocycles. The Morgan fingerprint density at radius 3 is 2.91 bits per heavy atom. The van der Waals surface area contributed by atoms with E-state index in [4.69, 9.17) is 0 Å². The van der Waals surface area contributed by atoms with E-state index in [2.05, 4.69) is 51.4 Å². The molecule has 0 spiro atoms. The maximum absolute atomic E-state index is 9.53. The van der Waals surface area contributed by atoms with Gasteiger partial charge in [0.15, 0.2) is 0 Å². The number of rotatable bonds is 5. The number of aromatic nitrogens is 1. The van der Waals surface area contributed by atoms with Crippen molar-refractivity contribution in [3.63, 3.8) is 0 Å². The molecule has 0 aliphatic carbocycles. The molecule has 0 aliphatic heterocycles. The Bertz CT molecular complexity index is 829. The number of aryl methyl sites for hydroxylation is 1. The summed E-state index contributed by atoms with van der Waals surface area (Å²) in [7, 11) is 0. The topological polar surface area (TPSA) is 36.7 Å². The quantitative estimate of drug-likeness (QED) is 0.473. The van der Waals surface area contributed by atoms with Gasteiger partial charge in [-0.1, -0.05) is 25.8 Å². The first-order valence-electron chi connectivity index (χ1n) is 7.30. The highest BCUT2D eigenvalue weighted by atomic mass is 79.9. The number of nitriles is 1. The highest BCUT2D eigenvalue weighted by Gasteiger charge is 2.19. The molecule has 0 aromatic carbocycles. The molecule has 0 fully saturated rings. The Hall–Kier alpha value is -1.22. The van der Waals surface area contributed by atoms with Crippen LogP contribution in [0.15, 0.2) is 27.5 Å². The monoisotopic (exact) mass is 390 g/mol. The van der Waals surface area contributed by atoms with E-state index in [0.717, 1.165) is 26.8 Å². The fourth-order valence-electron chi connectivity index (χ4n) is 2.63. The number of unbranched alkanes of at least 4 members (excludes halogenated alkanes) is 2. The smallest absolute Gasteiger partial charge is 0.126 e. The molecule has 112 valence electrons. The summed E-state index contributed by atoms with van der Waals surface area (Å²) in [5, 5.41) is 12.6. The third kappa shape index (κ3) is 2.83. The molecule has 3 heterocycles. The summed E-state index contributed by atoms with van der Waals surface area (Å²) in [5.74, 6) is 0.